The van der Waals surface area contributed by atoms with Gasteiger partial charge >= 0.3 is 6.18 Å². The van der Waals surface area contributed by atoms with Crippen molar-refractivity contribution in [2.45, 2.75) is 45.3 Å². The van der Waals surface area contributed by atoms with E-state index in [1.807, 2.05) is 0 Å². The number of carbonyl (C=O) groups is 1. The van der Waals surface area contributed by atoms with Gasteiger partial charge in [0.15, 0.2) is 11.3 Å². The van der Waals surface area contributed by atoms with Crippen molar-refractivity contribution >= 4 is 5.78 Å². The molecule has 0 aliphatic rings. The number of ketones is 1. The summed E-state index contributed by atoms with van der Waals surface area (Å²) in [5.41, 5.74) is 2.30. The average molecular weight is 211 g/mol. The summed E-state index contributed by atoms with van der Waals surface area (Å²) in [6.45, 7) is 4.09. The van der Waals surface area contributed by atoms with Crippen LogP contribution in [-0.2, 0) is 4.79 Å². The highest BCUT2D eigenvalue weighted by molar-refractivity contribution is 5.90. The van der Waals surface area contributed by atoms with E-state index in [-0.39, 0.29) is 0 Å². The first-order valence-corrected chi connectivity index (χ1v) is 4.58. The summed E-state index contributed by atoms with van der Waals surface area (Å²) < 4.78 is 37.1. The van der Waals surface area contributed by atoms with E-state index in [9.17, 15) is 18.0 Å². The summed E-state index contributed by atoms with van der Waals surface area (Å²) in [4.78, 5) is 11.4. The van der Waals surface area contributed by atoms with Crippen LogP contribution in [-0.4, -0.2) is 17.5 Å². The van der Waals surface area contributed by atoms with Gasteiger partial charge in [-0.1, -0.05) is 13.8 Å². The van der Waals surface area contributed by atoms with Crippen molar-refractivity contribution in [3.63, 3.8) is 0 Å². The minimum absolute atomic E-state index is 0.387. The van der Waals surface area contributed by atoms with Gasteiger partial charge in [-0.15, -0.1) is 0 Å². The molecule has 1 atom stereocenters. The van der Waals surface area contributed by atoms with Gasteiger partial charge in [-0.25, -0.2) is 0 Å². The fraction of sp³-hybridized carbons (Fsp3) is 0.889. The molecule has 0 heterocycles. The van der Waals surface area contributed by atoms with E-state index in [2.05, 4.69) is 0 Å². The zero-order valence-electron chi connectivity index (χ0n) is 8.61. The maximum atomic E-state index is 12.4. The first kappa shape index (κ1) is 13.4. The smallest absolute Gasteiger partial charge is 0.312 e. The molecule has 0 fully saturated rings. The van der Waals surface area contributed by atoms with Crippen molar-refractivity contribution in [1.82, 2.24) is 0 Å². The molecule has 0 rings (SSSR count). The summed E-state index contributed by atoms with van der Waals surface area (Å²) in [7, 11) is 0. The third-order valence-electron chi connectivity index (χ3n) is 2.46. The van der Waals surface area contributed by atoms with Gasteiger partial charge in [0.05, 0.1) is 0 Å². The molecule has 0 saturated heterocycles. The summed E-state index contributed by atoms with van der Waals surface area (Å²) in [6, 6.07) is 0. The largest absolute Gasteiger partial charge is 0.413 e. The number of hydrogen-bond donors (Lipinski definition) is 1. The van der Waals surface area contributed by atoms with Crippen molar-refractivity contribution in [2.24, 2.45) is 11.7 Å². The number of alkyl halides is 3. The molecule has 14 heavy (non-hydrogen) atoms. The number of carbonyl (C=O) groups excluding carboxylic acids is 1. The summed E-state index contributed by atoms with van der Waals surface area (Å²) in [6.07, 6.45) is -3.90. The van der Waals surface area contributed by atoms with Crippen LogP contribution in [0.25, 0.3) is 0 Å². The van der Waals surface area contributed by atoms with E-state index >= 15 is 0 Å². The van der Waals surface area contributed by atoms with Gasteiger partial charge < -0.3 is 5.73 Å². The van der Waals surface area contributed by atoms with Crippen LogP contribution in [0.15, 0.2) is 0 Å². The van der Waals surface area contributed by atoms with E-state index in [0.29, 0.717) is 12.8 Å². The van der Waals surface area contributed by atoms with Crippen molar-refractivity contribution in [2.75, 3.05) is 0 Å². The van der Waals surface area contributed by atoms with Crippen LogP contribution >= 0.6 is 0 Å². The number of halogens is 3. The van der Waals surface area contributed by atoms with E-state index < -0.39 is 23.4 Å². The molecule has 0 aliphatic heterocycles. The molecule has 0 aromatic rings. The van der Waals surface area contributed by atoms with Crippen LogP contribution < -0.4 is 5.73 Å². The first-order chi connectivity index (χ1) is 6.18. The number of rotatable bonds is 4. The predicted octanol–water partition coefficient (Wildman–Crippen LogP) is 2.27. The van der Waals surface area contributed by atoms with Gasteiger partial charge in [-0.3, -0.25) is 4.79 Å². The molecule has 1 unspecified atom stereocenters. The fourth-order valence-corrected chi connectivity index (χ4v) is 1.22. The lowest BCUT2D eigenvalue weighted by Gasteiger charge is -2.29. The molecule has 2 N–H and O–H groups in total. The van der Waals surface area contributed by atoms with Crippen LogP contribution in [0.5, 0.6) is 0 Å². The molecule has 5 heteroatoms. The maximum Gasteiger partial charge on any atom is 0.413 e. The normalized spacial score (nSPS) is 16.9. The summed E-state index contributed by atoms with van der Waals surface area (Å²) in [5.74, 6) is -1.53. The van der Waals surface area contributed by atoms with E-state index in [0.717, 1.165) is 6.92 Å². The third-order valence-corrected chi connectivity index (χ3v) is 2.46. The highest BCUT2D eigenvalue weighted by Gasteiger charge is 2.54. The Morgan fingerprint density at radius 2 is 1.64 bits per heavy atom. The number of Topliss-reactive ketones (excluding diaryl/α,β-unsaturated/α-hetero) is 1. The molecule has 0 aromatic carbocycles. The van der Waals surface area contributed by atoms with Crippen LogP contribution in [0.3, 0.4) is 0 Å². The highest BCUT2D eigenvalue weighted by Crippen LogP contribution is 2.32. The molecular formula is C9H16F3NO. The van der Waals surface area contributed by atoms with Gasteiger partial charge in [0.2, 0.25) is 0 Å². The van der Waals surface area contributed by atoms with Crippen LogP contribution in [0.1, 0.15) is 33.6 Å². The minimum Gasteiger partial charge on any atom is -0.312 e. The Kier molecular flexibility index (Phi) is 4.12. The monoisotopic (exact) mass is 211 g/mol. The van der Waals surface area contributed by atoms with Gasteiger partial charge in [0.1, 0.15) is 0 Å². The SMILES string of the molecule is CCC(CC)C(=O)C(C)(N)C(F)(F)F. The average Bonchev–Trinajstić information content (AvgIpc) is 2.04. The topological polar surface area (TPSA) is 43.1 Å². The van der Waals surface area contributed by atoms with Gasteiger partial charge in [0.25, 0.3) is 0 Å². The van der Waals surface area contributed by atoms with E-state index in [1.54, 1.807) is 13.8 Å². The molecule has 2 nitrogen and oxygen atoms in total. The Hall–Kier alpha value is -0.580. The van der Waals surface area contributed by atoms with Crippen molar-refractivity contribution in [1.29, 1.82) is 0 Å². The Bertz CT molecular complexity index is 207. The van der Waals surface area contributed by atoms with E-state index in [1.165, 1.54) is 0 Å². The molecule has 0 amide bonds. The van der Waals surface area contributed by atoms with Gasteiger partial charge in [0, 0.05) is 5.92 Å². The van der Waals surface area contributed by atoms with E-state index in [4.69, 9.17) is 5.73 Å². The first-order valence-electron chi connectivity index (χ1n) is 4.58. The molecule has 84 valence electrons. The lowest BCUT2D eigenvalue weighted by atomic mass is 9.84. The van der Waals surface area contributed by atoms with Crippen LogP contribution in [0.2, 0.25) is 0 Å². The molecule has 0 radical (unpaired) electrons. The lowest BCUT2D eigenvalue weighted by Crippen LogP contribution is -2.59. The molecular weight excluding hydrogens is 195 g/mol. The minimum atomic E-state index is -4.67. The van der Waals surface area contributed by atoms with Crippen LogP contribution in [0, 0.1) is 5.92 Å². The van der Waals surface area contributed by atoms with Crippen molar-refractivity contribution < 1.29 is 18.0 Å². The van der Waals surface area contributed by atoms with Gasteiger partial charge in [-0.2, -0.15) is 13.2 Å². The lowest BCUT2D eigenvalue weighted by molar-refractivity contribution is -0.188. The Morgan fingerprint density at radius 1 is 1.29 bits per heavy atom. The third kappa shape index (κ3) is 2.47. The molecule has 0 bridgehead atoms. The molecule has 0 saturated carbocycles. The Labute approximate surface area is 81.7 Å². The van der Waals surface area contributed by atoms with Crippen molar-refractivity contribution in [3.8, 4) is 0 Å². The number of hydrogen-bond acceptors (Lipinski definition) is 2. The van der Waals surface area contributed by atoms with Crippen LogP contribution in [0.4, 0.5) is 13.2 Å². The fourth-order valence-electron chi connectivity index (χ4n) is 1.22. The quantitative estimate of drug-likeness (QED) is 0.775. The maximum absolute atomic E-state index is 12.4. The van der Waals surface area contributed by atoms with Crippen molar-refractivity contribution in [3.05, 3.63) is 0 Å². The standard InChI is InChI=1S/C9H16F3NO/c1-4-6(5-2)7(14)8(3,13)9(10,11)12/h6H,4-5,13H2,1-3H3. The molecule has 0 spiro atoms. The zero-order chi connectivity index (χ0) is 11.6. The number of nitrogens with two attached hydrogens (primary N) is 1. The summed E-state index contributed by atoms with van der Waals surface area (Å²) >= 11 is 0. The second-order valence-electron chi connectivity index (χ2n) is 3.58. The zero-order valence-corrected chi connectivity index (χ0v) is 8.61. The second-order valence-corrected chi connectivity index (χ2v) is 3.58. The predicted molar refractivity (Wildman–Crippen MR) is 47.7 cm³/mol. The highest BCUT2D eigenvalue weighted by atomic mass is 19.4. The summed E-state index contributed by atoms with van der Waals surface area (Å²) in [5, 5.41) is 0. The Balaban J connectivity index is 4.83. The Morgan fingerprint density at radius 3 is 1.86 bits per heavy atom. The molecule has 0 aromatic heterocycles. The molecule has 0 aliphatic carbocycles. The second kappa shape index (κ2) is 4.29. The van der Waals surface area contributed by atoms with Gasteiger partial charge in [-0.05, 0) is 19.8 Å².